The lowest BCUT2D eigenvalue weighted by Gasteiger charge is -2.12. The van der Waals surface area contributed by atoms with Gasteiger partial charge < -0.3 is 4.74 Å². The second-order valence-corrected chi connectivity index (χ2v) is 4.27. The summed E-state index contributed by atoms with van der Waals surface area (Å²) in [6, 6.07) is 3.96. The predicted molar refractivity (Wildman–Crippen MR) is 62.6 cm³/mol. The van der Waals surface area contributed by atoms with Crippen LogP contribution in [0.3, 0.4) is 0 Å². The third kappa shape index (κ3) is 2.04. The highest BCUT2D eigenvalue weighted by Gasteiger charge is 2.16. The Hall–Kier alpha value is -2.08. The van der Waals surface area contributed by atoms with Crippen molar-refractivity contribution in [3.63, 3.8) is 0 Å². The minimum absolute atomic E-state index is 0.167. The number of benzene rings is 1. The maximum atomic E-state index is 13.5. The average molecular weight is 264 g/mol. The average Bonchev–Trinajstić information content (AvgIpc) is 2.82. The second-order valence-electron chi connectivity index (χ2n) is 4.27. The van der Waals surface area contributed by atoms with Crippen LogP contribution in [-0.2, 0) is 17.9 Å². The summed E-state index contributed by atoms with van der Waals surface area (Å²) in [6.45, 7) is 1.62. The molecule has 6 heteroatoms. The van der Waals surface area contributed by atoms with Crippen molar-refractivity contribution in [1.82, 2.24) is 9.78 Å². The quantitative estimate of drug-likeness (QED) is 0.781. The zero-order valence-corrected chi connectivity index (χ0v) is 9.90. The Morgan fingerprint density at radius 1 is 1.26 bits per heavy atom. The summed E-state index contributed by atoms with van der Waals surface area (Å²) < 4.78 is 34.1. The van der Waals surface area contributed by atoms with Crippen molar-refractivity contribution in [2.45, 2.75) is 13.2 Å². The number of nitrogens with zero attached hydrogens (tertiary/aromatic N) is 2. The molecule has 3 rings (SSSR count). The summed E-state index contributed by atoms with van der Waals surface area (Å²) in [5.74, 6) is -1.76. The van der Waals surface area contributed by atoms with Crippen molar-refractivity contribution in [2.24, 2.45) is 0 Å². The number of hydrogen-bond donors (Lipinski definition) is 0. The number of carbonyl (C=O) groups excluding carboxylic acids is 1. The highest BCUT2D eigenvalue weighted by atomic mass is 19.1. The lowest BCUT2D eigenvalue weighted by Crippen LogP contribution is -2.16. The number of carbonyl (C=O) groups is 1. The molecule has 2 aromatic rings. The minimum Gasteiger partial charge on any atom is -0.373 e. The van der Waals surface area contributed by atoms with Crippen LogP contribution < -0.4 is 0 Å². The van der Waals surface area contributed by atoms with Crippen LogP contribution in [0.5, 0.6) is 0 Å². The molecule has 4 nitrogen and oxygen atoms in total. The van der Waals surface area contributed by atoms with Gasteiger partial charge >= 0.3 is 0 Å². The van der Waals surface area contributed by atoms with E-state index in [-0.39, 0.29) is 6.29 Å². The van der Waals surface area contributed by atoms with Crippen molar-refractivity contribution < 1.29 is 18.3 Å². The standard InChI is InChI=1S/C13H10F2N2O2/c14-11-3-8(4-12(15)10(11)6-18)13-5-9-7-19-2-1-17(9)16-13/h3-6H,1-2,7H2. The smallest absolute Gasteiger partial charge is 0.155 e. The summed E-state index contributed by atoms with van der Waals surface area (Å²) >= 11 is 0. The molecule has 0 spiro atoms. The van der Waals surface area contributed by atoms with E-state index in [0.717, 1.165) is 17.8 Å². The number of fused-ring (bicyclic) bond motifs is 1. The number of aldehydes is 1. The van der Waals surface area contributed by atoms with Gasteiger partial charge in [-0.15, -0.1) is 0 Å². The Morgan fingerprint density at radius 3 is 2.63 bits per heavy atom. The van der Waals surface area contributed by atoms with Crippen molar-refractivity contribution in [3.05, 3.63) is 41.1 Å². The van der Waals surface area contributed by atoms with Crippen LogP contribution in [0.1, 0.15) is 16.1 Å². The second kappa shape index (κ2) is 4.55. The predicted octanol–water partition coefficient (Wildman–Crippen LogP) is 2.17. The molecule has 98 valence electrons. The fourth-order valence-corrected chi connectivity index (χ4v) is 2.08. The zero-order valence-electron chi connectivity index (χ0n) is 9.90. The summed E-state index contributed by atoms with van der Waals surface area (Å²) in [6.07, 6.45) is 0.167. The molecular weight excluding hydrogens is 254 g/mol. The number of rotatable bonds is 2. The molecular formula is C13H10F2N2O2. The Bertz CT molecular complexity index is 606. The van der Waals surface area contributed by atoms with Gasteiger partial charge in [-0.2, -0.15) is 5.10 Å². The summed E-state index contributed by atoms with van der Waals surface area (Å²) in [4.78, 5) is 10.5. The fourth-order valence-electron chi connectivity index (χ4n) is 2.08. The van der Waals surface area contributed by atoms with Crippen LogP contribution in [-0.4, -0.2) is 22.7 Å². The molecule has 1 aromatic heterocycles. The van der Waals surface area contributed by atoms with Crippen LogP contribution in [0.2, 0.25) is 0 Å². The van der Waals surface area contributed by atoms with E-state index < -0.39 is 17.2 Å². The van der Waals surface area contributed by atoms with E-state index in [4.69, 9.17) is 4.74 Å². The van der Waals surface area contributed by atoms with Crippen molar-refractivity contribution >= 4 is 6.29 Å². The molecule has 0 unspecified atom stereocenters. The maximum absolute atomic E-state index is 13.5. The Kier molecular flexibility index (Phi) is 2.87. The first-order chi connectivity index (χ1) is 9.19. The van der Waals surface area contributed by atoms with Crippen molar-refractivity contribution in [3.8, 4) is 11.3 Å². The summed E-state index contributed by atoms with van der Waals surface area (Å²) in [5, 5.41) is 4.27. The number of halogens is 2. The van der Waals surface area contributed by atoms with E-state index in [1.54, 1.807) is 10.7 Å². The van der Waals surface area contributed by atoms with Gasteiger partial charge in [-0.05, 0) is 18.2 Å². The first kappa shape index (κ1) is 12.0. The van der Waals surface area contributed by atoms with Gasteiger partial charge in [0.05, 0.1) is 36.7 Å². The van der Waals surface area contributed by atoms with Gasteiger partial charge in [0.25, 0.3) is 0 Å². The van der Waals surface area contributed by atoms with Gasteiger partial charge in [-0.1, -0.05) is 0 Å². The SMILES string of the molecule is O=Cc1c(F)cc(-c2cc3n(n2)CCOC3)cc1F. The molecule has 1 aliphatic heterocycles. The van der Waals surface area contributed by atoms with E-state index in [1.807, 2.05) is 0 Å². The van der Waals surface area contributed by atoms with Gasteiger partial charge in [0.1, 0.15) is 11.6 Å². The third-order valence-electron chi connectivity index (χ3n) is 3.05. The van der Waals surface area contributed by atoms with E-state index in [1.165, 1.54) is 0 Å². The molecule has 0 bridgehead atoms. The molecule has 0 radical (unpaired) electrons. The Labute approximate surface area is 107 Å². The fraction of sp³-hybridized carbons (Fsp3) is 0.231. The summed E-state index contributed by atoms with van der Waals surface area (Å²) in [7, 11) is 0. The minimum atomic E-state index is -0.882. The molecule has 0 N–H and O–H groups in total. The maximum Gasteiger partial charge on any atom is 0.155 e. The van der Waals surface area contributed by atoms with Gasteiger partial charge in [-0.25, -0.2) is 8.78 Å². The van der Waals surface area contributed by atoms with Gasteiger partial charge in [0.15, 0.2) is 6.29 Å². The lowest BCUT2D eigenvalue weighted by atomic mass is 10.1. The van der Waals surface area contributed by atoms with Gasteiger partial charge in [-0.3, -0.25) is 9.48 Å². The number of ether oxygens (including phenoxy) is 1. The number of aromatic nitrogens is 2. The van der Waals surface area contributed by atoms with Crippen LogP contribution in [0.4, 0.5) is 8.78 Å². The number of hydrogen-bond acceptors (Lipinski definition) is 3. The molecule has 1 aromatic carbocycles. The first-order valence-corrected chi connectivity index (χ1v) is 5.78. The molecule has 1 aliphatic rings. The molecule has 0 saturated heterocycles. The topological polar surface area (TPSA) is 44.1 Å². The van der Waals surface area contributed by atoms with E-state index >= 15 is 0 Å². The van der Waals surface area contributed by atoms with E-state index in [9.17, 15) is 13.6 Å². The normalized spacial score (nSPS) is 14.2. The molecule has 19 heavy (non-hydrogen) atoms. The third-order valence-corrected chi connectivity index (χ3v) is 3.05. The highest BCUT2D eigenvalue weighted by Crippen LogP contribution is 2.24. The zero-order chi connectivity index (χ0) is 13.4. The Morgan fingerprint density at radius 2 is 2.00 bits per heavy atom. The largest absolute Gasteiger partial charge is 0.373 e. The van der Waals surface area contributed by atoms with Crippen LogP contribution >= 0.6 is 0 Å². The monoisotopic (exact) mass is 264 g/mol. The molecule has 0 aliphatic carbocycles. The van der Waals surface area contributed by atoms with E-state index in [2.05, 4.69) is 5.10 Å². The molecule has 2 heterocycles. The van der Waals surface area contributed by atoms with Gasteiger partial charge in [0.2, 0.25) is 0 Å². The van der Waals surface area contributed by atoms with Crippen molar-refractivity contribution in [2.75, 3.05) is 6.61 Å². The molecule has 0 amide bonds. The van der Waals surface area contributed by atoms with Crippen LogP contribution in [0.25, 0.3) is 11.3 Å². The molecule has 0 fully saturated rings. The first-order valence-electron chi connectivity index (χ1n) is 5.78. The Balaban J connectivity index is 2.07. The molecule has 0 atom stereocenters. The van der Waals surface area contributed by atoms with Crippen LogP contribution in [0.15, 0.2) is 18.2 Å². The summed E-state index contributed by atoms with van der Waals surface area (Å²) in [5.41, 5.74) is 1.08. The highest BCUT2D eigenvalue weighted by molar-refractivity contribution is 5.77. The van der Waals surface area contributed by atoms with Crippen molar-refractivity contribution in [1.29, 1.82) is 0 Å². The van der Waals surface area contributed by atoms with E-state index in [0.29, 0.717) is 31.0 Å². The lowest BCUT2D eigenvalue weighted by molar-refractivity contribution is 0.0801. The molecule has 0 saturated carbocycles. The van der Waals surface area contributed by atoms with Crippen LogP contribution in [0, 0.1) is 11.6 Å². The van der Waals surface area contributed by atoms with Gasteiger partial charge in [0, 0.05) is 5.56 Å².